The van der Waals surface area contributed by atoms with Crippen LogP contribution in [0.3, 0.4) is 0 Å². The lowest BCUT2D eigenvalue weighted by atomic mass is 9.95. The molecule has 0 aliphatic heterocycles. The molecular formula is C17H30ClNO5S. The molecule has 4 N–H and O–H groups in total. The fourth-order valence-corrected chi connectivity index (χ4v) is 2.72. The van der Waals surface area contributed by atoms with E-state index in [0.29, 0.717) is 19.3 Å². The van der Waals surface area contributed by atoms with E-state index in [0.717, 1.165) is 32.1 Å². The molecule has 1 saturated carbocycles. The number of aryl methyl sites for hydroxylation is 1. The van der Waals surface area contributed by atoms with Crippen LogP contribution in [0.4, 0.5) is 0 Å². The van der Waals surface area contributed by atoms with Crippen molar-refractivity contribution in [3.8, 4) is 0 Å². The Kier molecular flexibility index (Phi) is 13.1. The summed E-state index contributed by atoms with van der Waals surface area (Å²) < 4.78 is 25.3. The molecule has 25 heavy (non-hydrogen) atoms. The third kappa shape index (κ3) is 15.3. The molecule has 0 amide bonds. The van der Waals surface area contributed by atoms with Crippen LogP contribution in [0.1, 0.15) is 50.5 Å². The van der Waals surface area contributed by atoms with Crippen molar-refractivity contribution in [3.05, 3.63) is 35.9 Å². The molecule has 1 aromatic rings. The van der Waals surface area contributed by atoms with Crippen molar-refractivity contribution in [1.82, 2.24) is 0 Å². The Balaban J connectivity index is 0.000000483. The Hall–Kier alpha value is -0.700. The highest BCUT2D eigenvalue weighted by Crippen LogP contribution is 2.24. The molecule has 0 spiro atoms. The SMILES string of the molecule is CCl.NS(=O)(=O)OCCCCc1ccccc1.OC1(O)CCCCC1. The van der Waals surface area contributed by atoms with Gasteiger partial charge >= 0.3 is 10.3 Å². The smallest absolute Gasteiger partial charge is 0.333 e. The first-order valence-corrected chi connectivity index (χ1v) is 10.5. The minimum Gasteiger partial charge on any atom is -0.366 e. The molecule has 1 aromatic carbocycles. The van der Waals surface area contributed by atoms with Gasteiger partial charge in [0, 0.05) is 19.2 Å². The summed E-state index contributed by atoms with van der Waals surface area (Å²) >= 11 is 4.64. The molecular weight excluding hydrogens is 366 g/mol. The number of unbranched alkanes of at least 4 members (excludes halogenated alkanes) is 1. The normalized spacial score (nSPS) is 16.0. The van der Waals surface area contributed by atoms with Gasteiger partial charge in [0.25, 0.3) is 0 Å². The first kappa shape index (κ1) is 24.3. The standard InChI is InChI=1S/C10H15NO3S.C6H12O2.CH3Cl/c11-15(12,13)14-9-5-4-8-10-6-2-1-3-7-10;7-6(8)4-2-1-3-5-6;1-2/h1-3,6-7H,4-5,8-9H2,(H2,11,12,13);7-8H,1-5H2;1H3. The second kappa shape index (κ2) is 13.5. The number of hydrogen-bond donors (Lipinski definition) is 3. The number of rotatable bonds is 6. The highest BCUT2D eigenvalue weighted by molar-refractivity contribution is 7.84. The molecule has 0 bridgehead atoms. The van der Waals surface area contributed by atoms with Gasteiger partial charge in [-0.25, -0.2) is 5.14 Å². The van der Waals surface area contributed by atoms with Crippen molar-refractivity contribution in [2.75, 3.05) is 13.0 Å². The van der Waals surface area contributed by atoms with Crippen LogP contribution in [-0.4, -0.2) is 37.4 Å². The van der Waals surface area contributed by atoms with Gasteiger partial charge in [-0.2, -0.15) is 8.42 Å². The summed E-state index contributed by atoms with van der Waals surface area (Å²) in [5.41, 5.74) is 1.24. The van der Waals surface area contributed by atoms with Crippen molar-refractivity contribution in [2.24, 2.45) is 5.14 Å². The lowest BCUT2D eigenvalue weighted by Gasteiger charge is -2.25. The van der Waals surface area contributed by atoms with Crippen LogP contribution in [0.5, 0.6) is 0 Å². The molecule has 8 heteroatoms. The highest BCUT2D eigenvalue weighted by Gasteiger charge is 2.24. The molecule has 6 nitrogen and oxygen atoms in total. The molecule has 0 atom stereocenters. The van der Waals surface area contributed by atoms with Crippen LogP contribution < -0.4 is 5.14 Å². The van der Waals surface area contributed by atoms with Gasteiger partial charge in [-0.1, -0.05) is 36.8 Å². The second-order valence-corrected chi connectivity index (χ2v) is 7.02. The van der Waals surface area contributed by atoms with Crippen molar-refractivity contribution in [2.45, 2.75) is 57.2 Å². The van der Waals surface area contributed by atoms with E-state index in [2.05, 4.69) is 20.9 Å². The molecule has 1 aliphatic carbocycles. The maximum atomic E-state index is 10.4. The van der Waals surface area contributed by atoms with Gasteiger partial charge in [-0.05, 0) is 37.7 Å². The molecule has 1 aliphatic rings. The van der Waals surface area contributed by atoms with Gasteiger partial charge in [-0.15, -0.1) is 11.6 Å². The van der Waals surface area contributed by atoms with E-state index in [1.54, 1.807) is 0 Å². The average molecular weight is 396 g/mol. The van der Waals surface area contributed by atoms with E-state index in [1.165, 1.54) is 11.9 Å². The lowest BCUT2D eigenvalue weighted by Crippen LogP contribution is -2.30. The third-order valence-corrected chi connectivity index (χ3v) is 4.10. The van der Waals surface area contributed by atoms with Gasteiger partial charge in [0.1, 0.15) is 0 Å². The Labute approximate surface area is 156 Å². The molecule has 0 unspecified atom stereocenters. The number of benzene rings is 1. The van der Waals surface area contributed by atoms with Gasteiger partial charge in [0.2, 0.25) is 0 Å². The molecule has 2 rings (SSSR count). The molecule has 1 fully saturated rings. The minimum atomic E-state index is -3.77. The van der Waals surface area contributed by atoms with E-state index in [-0.39, 0.29) is 6.61 Å². The van der Waals surface area contributed by atoms with Gasteiger partial charge < -0.3 is 10.2 Å². The summed E-state index contributed by atoms with van der Waals surface area (Å²) in [4.78, 5) is 0. The van der Waals surface area contributed by atoms with E-state index >= 15 is 0 Å². The fraction of sp³-hybridized carbons (Fsp3) is 0.647. The predicted octanol–water partition coefficient (Wildman–Crippen LogP) is 2.72. The Morgan fingerprint density at radius 1 is 1.08 bits per heavy atom. The average Bonchev–Trinajstić information content (AvgIpc) is 2.57. The monoisotopic (exact) mass is 395 g/mol. The number of alkyl halides is 1. The van der Waals surface area contributed by atoms with E-state index in [1.807, 2.05) is 30.3 Å². The van der Waals surface area contributed by atoms with Crippen molar-refractivity contribution in [3.63, 3.8) is 0 Å². The maximum Gasteiger partial charge on any atom is 0.333 e. The van der Waals surface area contributed by atoms with Crippen molar-refractivity contribution < 1.29 is 22.8 Å². The van der Waals surface area contributed by atoms with Crippen LogP contribution in [-0.2, 0) is 20.9 Å². The lowest BCUT2D eigenvalue weighted by molar-refractivity contribution is -0.180. The maximum absolute atomic E-state index is 10.4. The van der Waals surface area contributed by atoms with E-state index in [4.69, 9.17) is 10.2 Å². The van der Waals surface area contributed by atoms with Crippen molar-refractivity contribution >= 4 is 21.9 Å². The molecule has 146 valence electrons. The van der Waals surface area contributed by atoms with Crippen LogP contribution >= 0.6 is 11.6 Å². The summed E-state index contributed by atoms with van der Waals surface area (Å²) in [5.74, 6) is -1.32. The summed E-state index contributed by atoms with van der Waals surface area (Å²) in [6.07, 6.45) is 8.18. The second-order valence-electron chi connectivity index (χ2n) is 5.80. The van der Waals surface area contributed by atoms with Crippen LogP contribution in [0.25, 0.3) is 0 Å². The number of nitrogens with two attached hydrogens (primary N) is 1. The third-order valence-electron chi connectivity index (χ3n) is 3.60. The quantitative estimate of drug-likeness (QED) is 0.389. The number of aliphatic hydroxyl groups is 2. The molecule has 0 aromatic heterocycles. The van der Waals surface area contributed by atoms with E-state index in [9.17, 15) is 8.42 Å². The molecule has 0 heterocycles. The zero-order chi connectivity index (χ0) is 19.2. The van der Waals surface area contributed by atoms with Crippen LogP contribution in [0.2, 0.25) is 0 Å². The first-order chi connectivity index (χ1) is 11.8. The summed E-state index contributed by atoms with van der Waals surface area (Å²) in [6.45, 7) is 0.158. The van der Waals surface area contributed by atoms with E-state index < -0.39 is 16.1 Å². The predicted molar refractivity (Wildman–Crippen MR) is 100 cm³/mol. The first-order valence-electron chi connectivity index (χ1n) is 8.32. The Morgan fingerprint density at radius 3 is 2.08 bits per heavy atom. The van der Waals surface area contributed by atoms with Crippen LogP contribution in [0, 0.1) is 0 Å². The largest absolute Gasteiger partial charge is 0.366 e. The summed E-state index contributed by atoms with van der Waals surface area (Å²) in [7, 11) is -3.77. The Morgan fingerprint density at radius 2 is 1.64 bits per heavy atom. The van der Waals surface area contributed by atoms with Gasteiger partial charge in [0.15, 0.2) is 5.79 Å². The minimum absolute atomic E-state index is 0.158. The summed E-state index contributed by atoms with van der Waals surface area (Å²) in [6, 6.07) is 10.0. The van der Waals surface area contributed by atoms with Gasteiger partial charge in [0.05, 0.1) is 6.61 Å². The molecule has 0 saturated heterocycles. The highest BCUT2D eigenvalue weighted by atomic mass is 35.5. The number of halogens is 1. The van der Waals surface area contributed by atoms with Crippen LogP contribution in [0.15, 0.2) is 30.3 Å². The Bertz CT molecular complexity index is 529. The molecule has 0 radical (unpaired) electrons. The summed E-state index contributed by atoms with van der Waals surface area (Å²) in [5, 5.41) is 22.5. The zero-order valence-corrected chi connectivity index (χ0v) is 16.3. The topological polar surface area (TPSA) is 110 Å². The fourth-order valence-electron chi connectivity index (χ4n) is 2.37. The van der Waals surface area contributed by atoms with Gasteiger partial charge in [-0.3, -0.25) is 4.18 Å². The number of hydrogen-bond acceptors (Lipinski definition) is 5. The van der Waals surface area contributed by atoms with Crippen molar-refractivity contribution in [1.29, 1.82) is 0 Å². The zero-order valence-electron chi connectivity index (χ0n) is 14.7.